The van der Waals surface area contributed by atoms with Crippen molar-refractivity contribution < 1.29 is 17.9 Å². The zero-order chi connectivity index (χ0) is 14.6. The van der Waals surface area contributed by atoms with Crippen molar-refractivity contribution in [3.05, 3.63) is 18.2 Å². The normalized spacial score (nSPS) is 12.8. The van der Waals surface area contributed by atoms with Crippen molar-refractivity contribution in [1.82, 2.24) is 0 Å². The minimum absolute atomic E-state index is 0.0762. The van der Waals surface area contributed by atoms with Crippen LogP contribution in [-0.4, -0.2) is 21.4 Å². The number of rotatable bonds is 5. The average molecular weight is 286 g/mol. The first-order valence-corrected chi connectivity index (χ1v) is 7.36. The fourth-order valence-electron chi connectivity index (χ4n) is 1.40. The second-order valence-electron chi connectivity index (χ2n) is 4.21. The van der Waals surface area contributed by atoms with Gasteiger partial charge in [0.1, 0.15) is 5.75 Å². The number of carbonyl (C=O) groups excluding carboxylic acids is 1. The molecule has 1 aromatic carbocycles. The Labute approximate surface area is 113 Å². The highest BCUT2D eigenvalue weighted by Gasteiger charge is 2.16. The lowest BCUT2D eigenvalue weighted by Crippen LogP contribution is -2.20. The lowest BCUT2D eigenvalue weighted by molar-refractivity contribution is -0.119. The first kappa shape index (κ1) is 15.5. The highest BCUT2D eigenvalue weighted by atomic mass is 32.2. The van der Waals surface area contributed by atoms with Gasteiger partial charge in [0.2, 0.25) is 15.9 Å². The summed E-state index contributed by atoms with van der Waals surface area (Å²) in [5.41, 5.74) is 0.291. The molecular formula is C12H18N2O4S. The van der Waals surface area contributed by atoms with Crippen molar-refractivity contribution in [3.63, 3.8) is 0 Å². The second kappa shape index (κ2) is 6.03. The Morgan fingerprint density at radius 3 is 2.58 bits per heavy atom. The summed E-state index contributed by atoms with van der Waals surface area (Å²) in [4.78, 5) is 11.7. The number of ether oxygens (including phenoxy) is 1. The number of nitrogens with two attached hydrogens (primary N) is 1. The minimum Gasteiger partial charge on any atom is -0.495 e. The van der Waals surface area contributed by atoms with Gasteiger partial charge in [0.25, 0.3) is 0 Å². The molecule has 1 unspecified atom stereocenters. The maximum atomic E-state index is 11.8. The SMILES string of the molecule is CCC(C)C(=O)Nc1cc(S(N)(=O)=O)ccc1OC. The monoisotopic (exact) mass is 286 g/mol. The number of anilines is 1. The summed E-state index contributed by atoms with van der Waals surface area (Å²) < 4.78 is 27.6. The van der Waals surface area contributed by atoms with Crippen LogP contribution in [0.25, 0.3) is 0 Å². The van der Waals surface area contributed by atoms with E-state index in [0.29, 0.717) is 17.9 Å². The molecule has 0 spiro atoms. The molecule has 6 nitrogen and oxygen atoms in total. The number of sulfonamides is 1. The van der Waals surface area contributed by atoms with Crippen molar-refractivity contribution in [2.24, 2.45) is 11.1 Å². The molecule has 0 bridgehead atoms. The molecule has 0 aliphatic carbocycles. The van der Waals surface area contributed by atoms with Gasteiger partial charge < -0.3 is 10.1 Å². The molecule has 1 atom stereocenters. The molecule has 1 rings (SSSR count). The van der Waals surface area contributed by atoms with E-state index in [0.717, 1.165) is 0 Å². The molecule has 0 aromatic heterocycles. The minimum atomic E-state index is -3.82. The molecule has 106 valence electrons. The summed E-state index contributed by atoms with van der Waals surface area (Å²) in [6.45, 7) is 3.67. The van der Waals surface area contributed by atoms with E-state index >= 15 is 0 Å². The van der Waals surface area contributed by atoms with E-state index in [4.69, 9.17) is 9.88 Å². The molecule has 0 radical (unpaired) electrons. The molecule has 0 fully saturated rings. The number of hydrogen-bond acceptors (Lipinski definition) is 4. The third kappa shape index (κ3) is 3.93. The quantitative estimate of drug-likeness (QED) is 0.853. The van der Waals surface area contributed by atoms with Crippen LogP contribution in [0.15, 0.2) is 23.1 Å². The zero-order valence-electron chi connectivity index (χ0n) is 11.1. The first-order chi connectivity index (χ1) is 8.79. The second-order valence-corrected chi connectivity index (χ2v) is 5.77. The van der Waals surface area contributed by atoms with E-state index in [1.54, 1.807) is 6.92 Å². The van der Waals surface area contributed by atoms with Gasteiger partial charge in [-0.15, -0.1) is 0 Å². The third-order valence-electron chi connectivity index (χ3n) is 2.82. The summed E-state index contributed by atoms with van der Waals surface area (Å²) in [5.74, 6) is -0.000677. The number of carbonyl (C=O) groups is 1. The van der Waals surface area contributed by atoms with Gasteiger partial charge in [0.15, 0.2) is 0 Å². The smallest absolute Gasteiger partial charge is 0.238 e. The van der Waals surface area contributed by atoms with Gasteiger partial charge in [0, 0.05) is 5.92 Å². The topological polar surface area (TPSA) is 98.5 Å². The largest absolute Gasteiger partial charge is 0.495 e. The maximum absolute atomic E-state index is 11.8. The number of nitrogens with one attached hydrogen (secondary N) is 1. The van der Waals surface area contributed by atoms with Gasteiger partial charge in [-0.3, -0.25) is 4.79 Å². The van der Waals surface area contributed by atoms with Crippen LogP contribution < -0.4 is 15.2 Å². The van der Waals surface area contributed by atoms with Crippen molar-refractivity contribution >= 4 is 21.6 Å². The maximum Gasteiger partial charge on any atom is 0.238 e. The summed E-state index contributed by atoms with van der Waals surface area (Å²) in [5, 5.41) is 7.69. The van der Waals surface area contributed by atoms with E-state index in [9.17, 15) is 13.2 Å². The van der Waals surface area contributed by atoms with Crippen LogP contribution in [0.1, 0.15) is 20.3 Å². The molecule has 0 aliphatic heterocycles. The van der Waals surface area contributed by atoms with Crippen LogP contribution in [0.5, 0.6) is 5.75 Å². The van der Waals surface area contributed by atoms with Crippen molar-refractivity contribution in [1.29, 1.82) is 0 Å². The van der Waals surface area contributed by atoms with Crippen LogP contribution in [-0.2, 0) is 14.8 Å². The van der Waals surface area contributed by atoms with Crippen molar-refractivity contribution in [2.75, 3.05) is 12.4 Å². The molecule has 1 aromatic rings. The average Bonchev–Trinajstić information content (AvgIpc) is 2.36. The molecule has 0 saturated carbocycles. The summed E-state index contributed by atoms with van der Waals surface area (Å²) in [6, 6.07) is 4.06. The van der Waals surface area contributed by atoms with Gasteiger partial charge in [0.05, 0.1) is 17.7 Å². The van der Waals surface area contributed by atoms with Crippen LogP contribution >= 0.6 is 0 Å². The molecular weight excluding hydrogens is 268 g/mol. The highest BCUT2D eigenvalue weighted by Crippen LogP contribution is 2.27. The highest BCUT2D eigenvalue weighted by molar-refractivity contribution is 7.89. The lowest BCUT2D eigenvalue weighted by atomic mass is 10.1. The van der Waals surface area contributed by atoms with E-state index < -0.39 is 10.0 Å². The number of methoxy groups -OCH3 is 1. The van der Waals surface area contributed by atoms with Crippen LogP contribution in [0.3, 0.4) is 0 Å². The Balaban J connectivity index is 3.14. The Bertz CT molecular complexity index is 569. The van der Waals surface area contributed by atoms with E-state index in [1.165, 1.54) is 25.3 Å². The van der Waals surface area contributed by atoms with Crippen LogP contribution in [0.4, 0.5) is 5.69 Å². The molecule has 1 amide bonds. The van der Waals surface area contributed by atoms with Crippen molar-refractivity contribution in [3.8, 4) is 5.75 Å². The van der Waals surface area contributed by atoms with Crippen LogP contribution in [0, 0.1) is 5.92 Å². The fraction of sp³-hybridized carbons (Fsp3) is 0.417. The standard InChI is InChI=1S/C12H18N2O4S/c1-4-8(2)12(15)14-10-7-9(19(13,16)17)5-6-11(10)18-3/h5-8H,4H2,1-3H3,(H,14,15)(H2,13,16,17). The van der Waals surface area contributed by atoms with Gasteiger partial charge in [-0.05, 0) is 24.6 Å². The summed E-state index contributed by atoms with van der Waals surface area (Å²) in [6.07, 6.45) is 0.684. The van der Waals surface area contributed by atoms with Gasteiger partial charge in [-0.25, -0.2) is 13.6 Å². The van der Waals surface area contributed by atoms with E-state index in [1.807, 2.05) is 6.92 Å². The lowest BCUT2D eigenvalue weighted by Gasteiger charge is -2.14. The zero-order valence-corrected chi connectivity index (χ0v) is 12.0. The fourth-order valence-corrected chi connectivity index (χ4v) is 1.94. The molecule has 7 heteroatoms. The molecule has 19 heavy (non-hydrogen) atoms. The number of benzene rings is 1. The van der Waals surface area contributed by atoms with Gasteiger partial charge in [-0.1, -0.05) is 13.8 Å². The van der Waals surface area contributed by atoms with E-state index in [2.05, 4.69) is 5.32 Å². The number of hydrogen-bond donors (Lipinski definition) is 2. The van der Waals surface area contributed by atoms with Crippen molar-refractivity contribution in [2.45, 2.75) is 25.2 Å². The molecule has 3 N–H and O–H groups in total. The summed E-state index contributed by atoms with van der Waals surface area (Å²) >= 11 is 0. The summed E-state index contributed by atoms with van der Waals surface area (Å²) in [7, 11) is -2.38. The van der Waals surface area contributed by atoms with Gasteiger partial charge in [-0.2, -0.15) is 0 Å². The van der Waals surface area contributed by atoms with Crippen LogP contribution in [0.2, 0.25) is 0 Å². The molecule has 0 heterocycles. The number of amides is 1. The van der Waals surface area contributed by atoms with E-state index in [-0.39, 0.29) is 16.7 Å². The first-order valence-electron chi connectivity index (χ1n) is 5.81. The predicted molar refractivity (Wildman–Crippen MR) is 72.5 cm³/mol. The number of primary sulfonamides is 1. The molecule has 0 saturated heterocycles. The Morgan fingerprint density at radius 1 is 1.47 bits per heavy atom. The predicted octanol–water partition coefficient (Wildman–Crippen LogP) is 1.33. The Morgan fingerprint density at radius 2 is 2.11 bits per heavy atom. The van der Waals surface area contributed by atoms with Gasteiger partial charge >= 0.3 is 0 Å². The third-order valence-corrected chi connectivity index (χ3v) is 3.73. The Kier molecular flexibility index (Phi) is 4.90. The Hall–Kier alpha value is -1.60. The molecule has 0 aliphatic rings.